The fourth-order valence-electron chi connectivity index (χ4n) is 2.30. The molecule has 0 N–H and O–H groups in total. The third-order valence-electron chi connectivity index (χ3n) is 3.68. The van der Waals surface area contributed by atoms with Crippen LogP contribution in [-0.2, 0) is 11.3 Å². The van der Waals surface area contributed by atoms with E-state index in [4.69, 9.17) is 9.47 Å². The van der Waals surface area contributed by atoms with Gasteiger partial charge >= 0.3 is 0 Å². The third-order valence-corrected chi connectivity index (χ3v) is 3.68. The van der Waals surface area contributed by atoms with Gasteiger partial charge in [0.25, 0.3) is 0 Å². The van der Waals surface area contributed by atoms with E-state index >= 15 is 0 Å². The van der Waals surface area contributed by atoms with Gasteiger partial charge in [-0.3, -0.25) is 4.79 Å². The average molecular weight is 331 g/mol. The van der Waals surface area contributed by atoms with Crippen molar-refractivity contribution in [1.82, 2.24) is 4.90 Å². The third kappa shape index (κ3) is 4.98. The van der Waals surface area contributed by atoms with E-state index in [1.54, 1.807) is 30.2 Å². The van der Waals surface area contributed by atoms with Gasteiger partial charge in [-0.1, -0.05) is 24.3 Å². The van der Waals surface area contributed by atoms with E-state index in [1.165, 1.54) is 6.07 Å². The second kappa shape index (κ2) is 8.91. The molecular formula is C19H22FNO3. The SMILES string of the molecule is CCN(Cc1ccc(OC)cc1)C(=O)CCOc1ccccc1F. The number of para-hydroxylation sites is 1. The lowest BCUT2D eigenvalue weighted by Crippen LogP contribution is -2.31. The molecule has 0 saturated heterocycles. The quantitative estimate of drug-likeness (QED) is 0.741. The molecule has 0 saturated carbocycles. The number of carbonyl (C=O) groups is 1. The van der Waals surface area contributed by atoms with Gasteiger partial charge in [0.2, 0.25) is 5.91 Å². The van der Waals surface area contributed by atoms with Crippen molar-refractivity contribution in [3.8, 4) is 11.5 Å². The summed E-state index contributed by atoms with van der Waals surface area (Å²) in [4.78, 5) is 14.0. The number of hydrogen-bond donors (Lipinski definition) is 0. The van der Waals surface area contributed by atoms with Crippen LogP contribution in [0.3, 0.4) is 0 Å². The molecule has 24 heavy (non-hydrogen) atoms. The Morgan fingerprint density at radius 1 is 1.12 bits per heavy atom. The van der Waals surface area contributed by atoms with E-state index in [0.29, 0.717) is 13.1 Å². The van der Waals surface area contributed by atoms with Crippen molar-refractivity contribution in [2.75, 3.05) is 20.3 Å². The van der Waals surface area contributed by atoms with Gasteiger partial charge in [-0.15, -0.1) is 0 Å². The minimum atomic E-state index is -0.421. The summed E-state index contributed by atoms with van der Waals surface area (Å²) in [5.41, 5.74) is 1.03. The molecule has 0 heterocycles. The number of nitrogens with zero attached hydrogens (tertiary/aromatic N) is 1. The minimum absolute atomic E-state index is 0.0235. The molecule has 128 valence electrons. The van der Waals surface area contributed by atoms with E-state index in [2.05, 4.69) is 0 Å². The Bertz CT molecular complexity index is 658. The molecule has 0 aliphatic heterocycles. The summed E-state index contributed by atoms with van der Waals surface area (Å²) in [6.07, 6.45) is 0.207. The fraction of sp³-hybridized carbons (Fsp3) is 0.316. The van der Waals surface area contributed by atoms with Crippen LogP contribution in [0.25, 0.3) is 0 Å². The first-order valence-corrected chi connectivity index (χ1v) is 7.92. The Morgan fingerprint density at radius 2 is 1.83 bits per heavy atom. The minimum Gasteiger partial charge on any atom is -0.497 e. The van der Waals surface area contributed by atoms with Crippen molar-refractivity contribution < 1.29 is 18.7 Å². The highest BCUT2D eigenvalue weighted by molar-refractivity contribution is 5.76. The number of amides is 1. The number of ether oxygens (including phenoxy) is 2. The highest BCUT2D eigenvalue weighted by Gasteiger charge is 2.13. The standard InChI is InChI=1S/C19H22FNO3/c1-3-21(14-15-8-10-16(23-2)11-9-15)19(22)12-13-24-18-7-5-4-6-17(18)20/h4-11H,3,12-14H2,1-2H3. The van der Waals surface area contributed by atoms with Gasteiger partial charge in [-0.25, -0.2) is 4.39 Å². The van der Waals surface area contributed by atoms with Gasteiger partial charge in [0.1, 0.15) is 5.75 Å². The van der Waals surface area contributed by atoms with Crippen LogP contribution in [0.2, 0.25) is 0 Å². The molecule has 0 fully saturated rings. The number of rotatable bonds is 8. The van der Waals surface area contributed by atoms with E-state index in [9.17, 15) is 9.18 Å². The summed E-state index contributed by atoms with van der Waals surface area (Å²) in [5, 5.41) is 0. The molecule has 0 radical (unpaired) electrons. The van der Waals surface area contributed by atoms with Crippen molar-refractivity contribution in [1.29, 1.82) is 0 Å². The molecule has 0 unspecified atom stereocenters. The Balaban J connectivity index is 1.85. The van der Waals surface area contributed by atoms with Gasteiger partial charge in [0.15, 0.2) is 11.6 Å². The van der Waals surface area contributed by atoms with Crippen LogP contribution >= 0.6 is 0 Å². The summed E-state index contributed by atoms with van der Waals surface area (Å²) in [6.45, 7) is 3.21. The summed E-state index contributed by atoms with van der Waals surface area (Å²) < 4.78 is 23.9. The Kier molecular flexibility index (Phi) is 6.61. The lowest BCUT2D eigenvalue weighted by atomic mass is 10.2. The Hall–Kier alpha value is -2.56. The van der Waals surface area contributed by atoms with Gasteiger partial charge in [0.05, 0.1) is 20.1 Å². The van der Waals surface area contributed by atoms with Crippen LogP contribution in [0.15, 0.2) is 48.5 Å². The molecular weight excluding hydrogens is 309 g/mol. The van der Waals surface area contributed by atoms with Gasteiger partial charge in [-0.05, 0) is 36.8 Å². The molecule has 4 nitrogen and oxygen atoms in total. The fourth-order valence-corrected chi connectivity index (χ4v) is 2.30. The largest absolute Gasteiger partial charge is 0.497 e. The van der Waals surface area contributed by atoms with Crippen LogP contribution in [0.5, 0.6) is 11.5 Å². The maximum Gasteiger partial charge on any atom is 0.226 e. The van der Waals surface area contributed by atoms with Gasteiger partial charge in [0, 0.05) is 13.1 Å². The zero-order valence-electron chi connectivity index (χ0n) is 14.0. The summed E-state index contributed by atoms with van der Waals surface area (Å²) in [6, 6.07) is 13.8. The molecule has 2 aromatic carbocycles. The second-order valence-corrected chi connectivity index (χ2v) is 5.28. The molecule has 0 bridgehead atoms. The van der Waals surface area contributed by atoms with Crippen LogP contribution in [0, 0.1) is 5.82 Å². The maximum absolute atomic E-state index is 13.5. The maximum atomic E-state index is 13.5. The number of carbonyl (C=O) groups excluding carboxylic acids is 1. The molecule has 0 atom stereocenters. The predicted molar refractivity (Wildman–Crippen MR) is 90.6 cm³/mol. The summed E-state index contributed by atoms with van der Waals surface area (Å²) in [5.74, 6) is 0.509. The highest BCUT2D eigenvalue weighted by Crippen LogP contribution is 2.16. The highest BCUT2D eigenvalue weighted by atomic mass is 19.1. The van der Waals surface area contributed by atoms with Crippen LogP contribution < -0.4 is 9.47 Å². The predicted octanol–water partition coefficient (Wildman–Crippen LogP) is 3.65. The molecule has 0 spiro atoms. The van der Waals surface area contributed by atoms with Crippen molar-refractivity contribution in [2.24, 2.45) is 0 Å². The van der Waals surface area contributed by atoms with Crippen molar-refractivity contribution >= 4 is 5.91 Å². The molecule has 0 aliphatic carbocycles. The number of benzene rings is 2. The smallest absolute Gasteiger partial charge is 0.226 e. The topological polar surface area (TPSA) is 38.8 Å². The van der Waals surface area contributed by atoms with Crippen molar-refractivity contribution in [3.63, 3.8) is 0 Å². The monoisotopic (exact) mass is 331 g/mol. The summed E-state index contributed by atoms with van der Waals surface area (Å²) in [7, 11) is 1.62. The van der Waals surface area contributed by atoms with Crippen molar-refractivity contribution in [3.05, 3.63) is 59.9 Å². The first-order valence-electron chi connectivity index (χ1n) is 7.92. The Morgan fingerprint density at radius 3 is 2.46 bits per heavy atom. The number of hydrogen-bond acceptors (Lipinski definition) is 3. The molecule has 2 rings (SSSR count). The molecule has 0 aliphatic rings. The number of methoxy groups -OCH3 is 1. The van der Waals surface area contributed by atoms with Crippen LogP contribution in [0.1, 0.15) is 18.9 Å². The first-order chi connectivity index (χ1) is 11.6. The van der Waals surface area contributed by atoms with Gasteiger partial charge < -0.3 is 14.4 Å². The molecule has 2 aromatic rings. The lowest BCUT2D eigenvalue weighted by molar-refractivity contribution is -0.132. The average Bonchev–Trinajstić information content (AvgIpc) is 2.61. The lowest BCUT2D eigenvalue weighted by Gasteiger charge is -2.21. The van der Waals surface area contributed by atoms with Crippen LogP contribution in [0.4, 0.5) is 4.39 Å². The molecule has 1 amide bonds. The van der Waals surface area contributed by atoms with E-state index in [1.807, 2.05) is 31.2 Å². The zero-order valence-corrected chi connectivity index (χ0v) is 14.0. The second-order valence-electron chi connectivity index (χ2n) is 5.28. The van der Waals surface area contributed by atoms with E-state index in [-0.39, 0.29) is 24.7 Å². The molecule has 0 aromatic heterocycles. The number of halogens is 1. The first kappa shape index (κ1) is 17.8. The summed E-state index contributed by atoms with van der Waals surface area (Å²) >= 11 is 0. The van der Waals surface area contributed by atoms with E-state index in [0.717, 1.165) is 11.3 Å². The van der Waals surface area contributed by atoms with Crippen molar-refractivity contribution in [2.45, 2.75) is 19.9 Å². The molecule has 5 heteroatoms. The Labute approximate surface area is 141 Å². The van der Waals surface area contributed by atoms with Gasteiger partial charge in [-0.2, -0.15) is 0 Å². The van der Waals surface area contributed by atoms with E-state index < -0.39 is 5.82 Å². The normalized spacial score (nSPS) is 10.3. The van der Waals surface area contributed by atoms with Crippen LogP contribution in [-0.4, -0.2) is 31.1 Å². The zero-order chi connectivity index (χ0) is 17.4.